The minimum atomic E-state index is 0.865. The number of anilines is 3. The molecule has 12 aromatic rings. The highest BCUT2D eigenvalue weighted by Gasteiger charge is 2.23. The van der Waals surface area contributed by atoms with E-state index < -0.39 is 0 Å². The maximum Gasteiger partial charge on any atom is 0.145 e. The van der Waals surface area contributed by atoms with Crippen LogP contribution in [0.5, 0.6) is 0 Å². The van der Waals surface area contributed by atoms with Gasteiger partial charge < -0.3 is 9.32 Å². The zero-order valence-corrected chi connectivity index (χ0v) is 33.9. The summed E-state index contributed by atoms with van der Waals surface area (Å²) in [5, 5.41) is 9.78. The molecule has 11 aromatic carbocycles. The molecule has 0 aliphatic heterocycles. The summed E-state index contributed by atoms with van der Waals surface area (Å²) in [6, 6.07) is 85.4. The molecule has 2 heteroatoms. The van der Waals surface area contributed by atoms with Gasteiger partial charge in [-0.25, -0.2) is 0 Å². The Morgan fingerprint density at radius 2 is 0.710 bits per heavy atom. The molecule has 0 saturated heterocycles. The predicted molar refractivity (Wildman–Crippen MR) is 263 cm³/mol. The van der Waals surface area contributed by atoms with Crippen molar-refractivity contribution in [3.63, 3.8) is 0 Å². The van der Waals surface area contributed by atoms with Gasteiger partial charge in [-0.1, -0.05) is 188 Å². The standard InChI is InChI=1S/C60H39NO/c1-3-15-40(16-4-1)41-29-31-42(32-30-41)44-19-13-21-47(37-44)61(57-36-35-49(43-17-5-2-6-18-43)60-59(57)55-27-11-12-28-58(55)62-60)48-22-14-20-45(38-48)46-33-34-54-52-25-8-7-23-50(52)51-24-9-10-26-53(51)56(54)39-46/h1-39H. The van der Waals surface area contributed by atoms with Crippen LogP contribution in [0.3, 0.4) is 0 Å². The summed E-state index contributed by atoms with van der Waals surface area (Å²) in [4.78, 5) is 2.41. The summed E-state index contributed by atoms with van der Waals surface area (Å²) in [6.45, 7) is 0. The van der Waals surface area contributed by atoms with Crippen LogP contribution < -0.4 is 4.90 Å². The van der Waals surface area contributed by atoms with Gasteiger partial charge in [-0.3, -0.25) is 0 Å². The Morgan fingerprint density at radius 3 is 1.34 bits per heavy atom. The van der Waals surface area contributed by atoms with E-state index in [4.69, 9.17) is 4.42 Å². The van der Waals surface area contributed by atoms with Gasteiger partial charge in [0.05, 0.1) is 11.1 Å². The van der Waals surface area contributed by atoms with Crippen LogP contribution in [0.2, 0.25) is 0 Å². The highest BCUT2D eigenvalue weighted by atomic mass is 16.3. The third kappa shape index (κ3) is 6.04. The van der Waals surface area contributed by atoms with Crippen LogP contribution in [0.25, 0.3) is 98.8 Å². The van der Waals surface area contributed by atoms with Crippen LogP contribution in [0.1, 0.15) is 0 Å². The molecular formula is C60H39NO. The third-order valence-corrected chi connectivity index (χ3v) is 12.4. The number of rotatable bonds is 7. The SMILES string of the molecule is c1ccc(-c2ccc(-c3cccc(N(c4cccc(-c5ccc6c7ccccc7c7ccccc7c6c5)c4)c4ccc(-c5ccccc5)c5oc6ccccc6c45)c3)cc2)cc1. The molecule has 0 aliphatic carbocycles. The molecule has 0 amide bonds. The van der Waals surface area contributed by atoms with E-state index in [-0.39, 0.29) is 0 Å². The van der Waals surface area contributed by atoms with Crippen molar-refractivity contribution < 1.29 is 4.42 Å². The van der Waals surface area contributed by atoms with E-state index >= 15 is 0 Å². The number of hydrogen-bond donors (Lipinski definition) is 0. The van der Waals surface area contributed by atoms with Crippen molar-refractivity contribution in [1.29, 1.82) is 0 Å². The number of fused-ring (bicyclic) bond motifs is 9. The zero-order valence-electron chi connectivity index (χ0n) is 33.9. The lowest BCUT2D eigenvalue weighted by Crippen LogP contribution is -2.10. The molecule has 0 unspecified atom stereocenters. The van der Waals surface area contributed by atoms with Crippen LogP contribution >= 0.6 is 0 Å². The second-order valence-electron chi connectivity index (χ2n) is 16.0. The van der Waals surface area contributed by atoms with E-state index in [2.05, 4.69) is 241 Å². The molecule has 0 bridgehead atoms. The average Bonchev–Trinajstić information content (AvgIpc) is 3.75. The lowest BCUT2D eigenvalue weighted by atomic mass is 9.92. The molecule has 0 aliphatic rings. The first kappa shape index (κ1) is 35.7. The molecule has 0 atom stereocenters. The maximum absolute atomic E-state index is 6.81. The van der Waals surface area contributed by atoms with Crippen LogP contribution in [0.4, 0.5) is 17.1 Å². The molecule has 0 N–H and O–H groups in total. The molecule has 0 spiro atoms. The minimum absolute atomic E-state index is 0.865. The normalized spacial score (nSPS) is 11.5. The predicted octanol–water partition coefficient (Wildman–Crippen LogP) is 17.2. The first-order chi connectivity index (χ1) is 30.7. The first-order valence-corrected chi connectivity index (χ1v) is 21.2. The second-order valence-corrected chi connectivity index (χ2v) is 16.0. The molecule has 1 aromatic heterocycles. The van der Waals surface area contributed by atoms with Crippen molar-refractivity contribution in [1.82, 2.24) is 0 Å². The minimum Gasteiger partial charge on any atom is -0.455 e. The summed E-state index contributed by atoms with van der Waals surface area (Å²) in [5.41, 5.74) is 14.1. The smallest absolute Gasteiger partial charge is 0.145 e. The van der Waals surface area contributed by atoms with Gasteiger partial charge in [0, 0.05) is 22.3 Å². The number of furan rings is 1. The van der Waals surface area contributed by atoms with Crippen molar-refractivity contribution >= 4 is 71.3 Å². The van der Waals surface area contributed by atoms with Crippen molar-refractivity contribution in [3.8, 4) is 44.5 Å². The Morgan fingerprint density at radius 1 is 0.274 bits per heavy atom. The van der Waals surface area contributed by atoms with Crippen LogP contribution in [-0.4, -0.2) is 0 Å². The van der Waals surface area contributed by atoms with Crippen molar-refractivity contribution in [2.75, 3.05) is 4.90 Å². The molecule has 290 valence electrons. The molecule has 0 saturated carbocycles. The quantitative estimate of drug-likeness (QED) is 0.150. The average molecular weight is 790 g/mol. The van der Waals surface area contributed by atoms with E-state index in [0.29, 0.717) is 0 Å². The number of para-hydroxylation sites is 1. The zero-order chi connectivity index (χ0) is 41.0. The summed E-state index contributed by atoms with van der Waals surface area (Å²) in [7, 11) is 0. The Hall–Kier alpha value is -8.20. The second kappa shape index (κ2) is 14.8. The third-order valence-electron chi connectivity index (χ3n) is 12.4. The summed E-state index contributed by atoms with van der Waals surface area (Å²) < 4.78 is 6.81. The number of hydrogen-bond acceptors (Lipinski definition) is 2. The molecule has 1 heterocycles. The Balaban J connectivity index is 1.06. The molecule has 2 nitrogen and oxygen atoms in total. The van der Waals surface area contributed by atoms with E-state index in [1.165, 1.54) is 49.0 Å². The van der Waals surface area contributed by atoms with Crippen LogP contribution in [-0.2, 0) is 0 Å². The first-order valence-electron chi connectivity index (χ1n) is 21.2. The van der Waals surface area contributed by atoms with Gasteiger partial charge in [-0.15, -0.1) is 0 Å². The van der Waals surface area contributed by atoms with Gasteiger partial charge in [0.25, 0.3) is 0 Å². The molecule has 0 radical (unpaired) electrons. The maximum atomic E-state index is 6.81. The van der Waals surface area contributed by atoms with Gasteiger partial charge in [-0.05, 0) is 120 Å². The largest absolute Gasteiger partial charge is 0.455 e. The van der Waals surface area contributed by atoms with Crippen LogP contribution in [0, 0.1) is 0 Å². The van der Waals surface area contributed by atoms with E-state index in [1.54, 1.807) is 0 Å². The van der Waals surface area contributed by atoms with Crippen molar-refractivity contribution in [2.45, 2.75) is 0 Å². The van der Waals surface area contributed by atoms with E-state index in [0.717, 1.165) is 66.8 Å². The molecule has 12 rings (SSSR count). The number of nitrogens with zero attached hydrogens (tertiary/aromatic N) is 1. The van der Waals surface area contributed by atoms with Gasteiger partial charge in [0.2, 0.25) is 0 Å². The fraction of sp³-hybridized carbons (Fsp3) is 0. The van der Waals surface area contributed by atoms with Gasteiger partial charge in [-0.2, -0.15) is 0 Å². The van der Waals surface area contributed by atoms with Crippen molar-refractivity contribution in [3.05, 3.63) is 237 Å². The fourth-order valence-corrected chi connectivity index (χ4v) is 9.49. The summed E-state index contributed by atoms with van der Waals surface area (Å²) in [6.07, 6.45) is 0. The summed E-state index contributed by atoms with van der Waals surface area (Å²) >= 11 is 0. The van der Waals surface area contributed by atoms with Gasteiger partial charge in [0.15, 0.2) is 0 Å². The molecule has 62 heavy (non-hydrogen) atoms. The topological polar surface area (TPSA) is 16.4 Å². The highest BCUT2D eigenvalue weighted by Crippen LogP contribution is 2.47. The molecule has 0 fully saturated rings. The van der Waals surface area contributed by atoms with Gasteiger partial charge >= 0.3 is 0 Å². The van der Waals surface area contributed by atoms with Gasteiger partial charge in [0.1, 0.15) is 11.2 Å². The van der Waals surface area contributed by atoms with Crippen molar-refractivity contribution in [2.24, 2.45) is 0 Å². The summed E-state index contributed by atoms with van der Waals surface area (Å²) in [5.74, 6) is 0. The Labute approximate surface area is 360 Å². The van der Waals surface area contributed by atoms with E-state index in [9.17, 15) is 0 Å². The highest BCUT2D eigenvalue weighted by molar-refractivity contribution is 6.26. The fourth-order valence-electron chi connectivity index (χ4n) is 9.49. The lowest BCUT2D eigenvalue weighted by Gasteiger charge is -2.27. The number of benzene rings is 11. The Bertz CT molecular complexity index is 3590. The molecular weight excluding hydrogens is 751 g/mol. The lowest BCUT2D eigenvalue weighted by molar-refractivity contribution is 0.670. The van der Waals surface area contributed by atoms with E-state index in [1.807, 2.05) is 0 Å². The Kier molecular flexibility index (Phi) is 8.53. The monoisotopic (exact) mass is 789 g/mol. The van der Waals surface area contributed by atoms with Crippen LogP contribution in [0.15, 0.2) is 241 Å².